The Balaban J connectivity index is 2.79. The summed E-state index contributed by atoms with van der Waals surface area (Å²) >= 11 is 5.72. The summed E-state index contributed by atoms with van der Waals surface area (Å²) in [6.45, 7) is 1.43. The normalized spacial score (nSPS) is 14.3. The monoisotopic (exact) mass is 277 g/mol. The Labute approximate surface area is 109 Å². The summed E-state index contributed by atoms with van der Waals surface area (Å²) in [5, 5.41) is 12.8. The Hall–Kier alpha value is -1.20. The SMILES string of the molecule is CC[C@@](O)(CNC(=O)C(F)F)c1ccc(Cl)cc1. The zero-order valence-electron chi connectivity index (χ0n) is 9.79. The van der Waals surface area contributed by atoms with Crippen LogP contribution >= 0.6 is 11.6 Å². The summed E-state index contributed by atoms with van der Waals surface area (Å²) in [7, 11) is 0. The van der Waals surface area contributed by atoms with Gasteiger partial charge in [0.1, 0.15) is 5.60 Å². The molecule has 1 atom stereocenters. The molecule has 0 saturated carbocycles. The third-order valence-electron chi connectivity index (χ3n) is 2.72. The van der Waals surface area contributed by atoms with Crippen molar-refractivity contribution in [1.82, 2.24) is 5.32 Å². The van der Waals surface area contributed by atoms with Gasteiger partial charge >= 0.3 is 6.43 Å². The lowest BCUT2D eigenvalue weighted by molar-refractivity contribution is -0.133. The van der Waals surface area contributed by atoms with Crippen molar-refractivity contribution in [2.45, 2.75) is 25.4 Å². The first kappa shape index (κ1) is 14.9. The van der Waals surface area contributed by atoms with Gasteiger partial charge in [-0.15, -0.1) is 0 Å². The van der Waals surface area contributed by atoms with Gasteiger partial charge in [-0.3, -0.25) is 4.79 Å². The minimum atomic E-state index is -3.09. The van der Waals surface area contributed by atoms with E-state index in [1.807, 2.05) is 5.32 Å². The van der Waals surface area contributed by atoms with Crippen LogP contribution < -0.4 is 5.32 Å². The third kappa shape index (κ3) is 3.65. The van der Waals surface area contributed by atoms with E-state index >= 15 is 0 Å². The largest absolute Gasteiger partial charge is 0.383 e. The summed E-state index contributed by atoms with van der Waals surface area (Å²) < 4.78 is 24.1. The van der Waals surface area contributed by atoms with Crippen LogP contribution in [0.1, 0.15) is 18.9 Å². The van der Waals surface area contributed by atoms with E-state index in [1.165, 1.54) is 0 Å². The minimum absolute atomic E-state index is 0.270. The smallest absolute Gasteiger partial charge is 0.315 e. The van der Waals surface area contributed by atoms with Gasteiger partial charge in [0.15, 0.2) is 0 Å². The molecule has 1 amide bonds. The molecule has 1 aromatic carbocycles. The van der Waals surface area contributed by atoms with Crippen molar-refractivity contribution in [2.75, 3.05) is 6.54 Å². The molecule has 0 aliphatic rings. The fraction of sp³-hybridized carbons (Fsp3) is 0.417. The molecular formula is C12H14ClF2NO2. The molecule has 0 aliphatic carbocycles. The molecule has 100 valence electrons. The molecule has 0 bridgehead atoms. The number of benzene rings is 1. The Morgan fingerprint density at radius 1 is 1.44 bits per heavy atom. The van der Waals surface area contributed by atoms with Crippen LogP contribution in [0.15, 0.2) is 24.3 Å². The van der Waals surface area contributed by atoms with Crippen molar-refractivity contribution in [1.29, 1.82) is 0 Å². The van der Waals surface area contributed by atoms with E-state index < -0.39 is 17.9 Å². The first-order valence-electron chi connectivity index (χ1n) is 5.43. The van der Waals surface area contributed by atoms with E-state index in [9.17, 15) is 18.7 Å². The van der Waals surface area contributed by atoms with Crippen LogP contribution in [0, 0.1) is 0 Å². The maximum absolute atomic E-state index is 12.1. The van der Waals surface area contributed by atoms with Gasteiger partial charge < -0.3 is 10.4 Å². The minimum Gasteiger partial charge on any atom is -0.383 e. The Morgan fingerprint density at radius 3 is 2.44 bits per heavy atom. The molecule has 0 spiro atoms. The van der Waals surface area contributed by atoms with Crippen molar-refractivity contribution in [3.8, 4) is 0 Å². The fourth-order valence-electron chi connectivity index (χ4n) is 1.50. The average Bonchev–Trinajstić information content (AvgIpc) is 2.36. The first-order chi connectivity index (χ1) is 8.39. The summed E-state index contributed by atoms with van der Waals surface area (Å²) in [4.78, 5) is 10.8. The standard InChI is InChI=1S/C12H14ClF2NO2/c1-2-12(18,7-16-11(17)10(14)15)8-3-5-9(13)6-4-8/h3-6,10,18H,2,7H2,1H3,(H,16,17)/t12-/m1/s1. The lowest BCUT2D eigenvalue weighted by Crippen LogP contribution is -2.42. The van der Waals surface area contributed by atoms with E-state index in [1.54, 1.807) is 31.2 Å². The van der Waals surface area contributed by atoms with E-state index in [0.717, 1.165) is 0 Å². The highest BCUT2D eigenvalue weighted by atomic mass is 35.5. The molecule has 0 fully saturated rings. The van der Waals surface area contributed by atoms with E-state index in [-0.39, 0.29) is 13.0 Å². The summed E-state index contributed by atoms with van der Waals surface area (Å²) in [6.07, 6.45) is -2.81. The molecule has 6 heteroatoms. The third-order valence-corrected chi connectivity index (χ3v) is 2.97. The van der Waals surface area contributed by atoms with Gasteiger partial charge in [0.05, 0.1) is 6.54 Å². The van der Waals surface area contributed by atoms with Crippen LogP contribution in [0.2, 0.25) is 5.02 Å². The van der Waals surface area contributed by atoms with Crippen LogP contribution in [0.3, 0.4) is 0 Å². The highest BCUT2D eigenvalue weighted by molar-refractivity contribution is 6.30. The molecule has 18 heavy (non-hydrogen) atoms. The highest BCUT2D eigenvalue weighted by Gasteiger charge is 2.29. The summed E-state index contributed by atoms with van der Waals surface area (Å²) in [5.41, 5.74) is -0.862. The van der Waals surface area contributed by atoms with Gasteiger partial charge in [-0.05, 0) is 24.1 Å². The first-order valence-corrected chi connectivity index (χ1v) is 5.81. The second-order valence-corrected chi connectivity index (χ2v) is 4.35. The number of hydrogen-bond acceptors (Lipinski definition) is 2. The van der Waals surface area contributed by atoms with Gasteiger partial charge in [-0.25, -0.2) is 0 Å². The van der Waals surface area contributed by atoms with Crippen LogP contribution in [0.25, 0.3) is 0 Å². The number of amides is 1. The maximum Gasteiger partial charge on any atom is 0.315 e. The van der Waals surface area contributed by atoms with Gasteiger partial charge in [-0.1, -0.05) is 30.7 Å². The number of rotatable bonds is 5. The Morgan fingerprint density at radius 2 is 2.00 bits per heavy atom. The van der Waals surface area contributed by atoms with E-state index in [4.69, 9.17) is 11.6 Å². The molecule has 0 heterocycles. The summed E-state index contributed by atoms with van der Waals surface area (Å²) in [5.74, 6) is -1.39. The van der Waals surface area contributed by atoms with Crippen LogP contribution in [0.5, 0.6) is 0 Å². The summed E-state index contributed by atoms with van der Waals surface area (Å²) in [6, 6.07) is 6.37. The second kappa shape index (κ2) is 6.11. The molecule has 0 saturated heterocycles. The molecule has 0 radical (unpaired) electrons. The Kier molecular flexibility index (Phi) is 5.04. The number of nitrogens with one attached hydrogen (secondary N) is 1. The molecule has 0 aromatic heterocycles. The number of carbonyl (C=O) groups excluding carboxylic acids is 1. The second-order valence-electron chi connectivity index (χ2n) is 3.91. The predicted molar refractivity (Wildman–Crippen MR) is 64.7 cm³/mol. The molecule has 0 aliphatic heterocycles. The van der Waals surface area contributed by atoms with E-state index in [2.05, 4.69) is 0 Å². The van der Waals surface area contributed by atoms with Crippen molar-refractivity contribution >= 4 is 17.5 Å². The maximum atomic E-state index is 12.1. The zero-order chi connectivity index (χ0) is 13.8. The molecule has 1 rings (SSSR count). The average molecular weight is 278 g/mol. The lowest BCUT2D eigenvalue weighted by atomic mass is 9.91. The number of halogens is 3. The van der Waals surface area contributed by atoms with Crippen molar-refractivity contribution in [2.24, 2.45) is 0 Å². The number of hydrogen-bond donors (Lipinski definition) is 2. The lowest BCUT2D eigenvalue weighted by Gasteiger charge is -2.27. The van der Waals surface area contributed by atoms with Gasteiger partial charge in [-0.2, -0.15) is 8.78 Å². The zero-order valence-corrected chi connectivity index (χ0v) is 10.5. The fourth-order valence-corrected chi connectivity index (χ4v) is 1.63. The van der Waals surface area contributed by atoms with Crippen molar-refractivity contribution in [3.05, 3.63) is 34.9 Å². The molecular weight excluding hydrogens is 264 g/mol. The van der Waals surface area contributed by atoms with Crippen molar-refractivity contribution in [3.63, 3.8) is 0 Å². The molecule has 0 unspecified atom stereocenters. The Bertz CT molecular complexity index is 411. The van der Waals surface area contributed by atoms with E-state index in [0.29, 0.717) is 10.6 Å². The van der Waals surface area contributed by atoms with Gasteiger partial charge in [0, 0.05) is 5.02 Å². The number of alkyl halides is 2. The van der Waals surface area contributed by atoms with Gasteiger partial charge in [0.2, 0.25) is 0 Å². The van der Waals surface area contributed by atoms with Crippen LogP contribution in [0.4, 0.5) is 8.78 Å². The van der Waals surface area contributed by atoms with Crippen LogP contribution in [-0.4, -0.2) is 24.0 Å². The predicted octanol–water partition coefficient (Wildman–Crippen LogP) is 2.32. The molecule has 1 aromatic rings. The number of aliphatic hydroxyl groups is 1. The highest BCUT2D eigenvalue weighted by Crippen LogP contribution is 2.25. The van der Waals surface area contributed by atoms with Gasteiger partial charge in [0.25, 0.3) is 5.91 Å². The van der Waals surface area contributed by atoms with Crippen molar-refractivity contribution < 1.29 is 18.7 Å². The molecule has 3 nitrogen and oxygen atoms in total. The van der Waals surface area contributed by atoms with Crippen LogP contribution in [-0.2, 0) is 10.4 Å². The quantitative estimate of drug-likeness (QED) is 0.868. The number of carbonyl (C=O) groups is 1. The molecule has 2 N–H and O–H groups in total. The topological polar surface area (TPSA) is 49.3 Å².